The molecule has 1 N–H and O–H groups in total. The maximum absolute atomic E-state index is 4.59. The molecule has 3 rings (SSSR count). The van der Waals surface area contributed by atoms with E-state index in [9.17, 15) is 0 Å². The average molecular weight is 269 g/mol. The van der Waals surface area contributed by atoms with Crippen LogP contribution in [0.4, 0.5) is 5.95 Å². The summed E-state index contributed by atoms with van der Waals surface area (Å²) in [5.74, 6) is 0.978. The molecule has 0 aliphatic heterocycles. The number of imidazole rings is 1. The van der Waals surface area contributed by atoms with Crippen LogP contribution in [0.25, 0.3) is 5.69 Å². The second-order valence-corrected chi connectivity index (χ2v) is 5.76. The number of unbranched alkanes of at least 4 members (excludes halogenated alkanes) is 1. The summed E-state index contributed by atoms with van der Waals surface area (Å²) in [6, 6.07) is 9.50. The Hall–Kier alpha value is -1.77. The summed E-state index contributed by atoms with van der Waals surface area (Å²) in [6.45, 7) is 4.28. The quantitative estimate of drug-likeness (QED) is 0.855. The van der Waals surface area contributed by atoms with Crippen molar-refractivity contribution in [3.63, 3.8) is 0 Å². The van der Waals surface area contributed by atoms with E-state index in [0.717, 1.165) is 11.6 Å². The predicted molar refractivity (Wildman–Crippen MR) is 83.6 cm³/mol. The Morgan fingerprint density at radius 3 is 2.65 bits per heavy atom. The number of hydrogen-bond donors (Lipinski definition) is 1. The monoisotopic (exact) mass is 269 g/mol. The molecular weight excluding hydrogens is 246 g/mol. The molecule has 0 bridgehead atoms. The van der Waals surface area contributed by atoms with Gasteiger partial charge in [-0.1, -0.05) is 25.5 Å². The van der Waals surface area contributed by atoms with Crippen molar-refractivity contribution in [2.75, 3.05) is 5.32 Å². The van der Waals surface area contributed by atoms with Crippen LogP contribution in [0.1, 0.15) is 43.9 Å². The topological polar surface area (TPSA) is 29.9 Å². The molecule has 1 saturated carbocycles. The molecule has 2 aromatic rings. The van der Waals surface area contributed by atoms with Gasteiger partial charge in [0.2, 0.25) is 5.95 Å². The number of nitrogens with one attached hydrogen (secondary N) is 1. The van der Waals surface area contributed by atoms with Crippen molar-refractivity contribution >= 4 is 5.95 Å². The van der Waals surface area contributed by atoms with Gasteiger partial charge in [-0.05, 0) is 50.3 Å². The largest absolute Gasteiger partial charge is 0.353 e. The molecule has 0 atom stereocenters. The fraction of sp³-hybridized carbons (Fsp3) is 0.471. The van der Waals surface area contributed by atoms with Crippen molar-refractivity contribution in [2.24, 2.45) is 0 Å². The van der Waals surface area contributed by atoms with Crippen LogP contribution in [-0.2, 0) is 6.42 Å². The van der Waals surface area contributed by atoms with Crippen molar-refractivity contribution in [1.29, 1.82) is 0 Å². The molecule has 1 aliphatic carbocycles. The molecule has 0 unspecified atom stereocenters. The molecule has 20 heavy (non-hydrogen) atoms. The number of aromatic nitrogens is 2. The first-order valence-corrected chi connectivity index (χ1v) is 7.68. The number of rotatable bonds is 6. The van der Waals surface area contributed by atoms with Crippen molar-refractivity contribution in [1.82, 2.24) is 9.55 Å². The average Bonchev–Trinajstić information content (AvgIpc) is 3.19. The highest BCUT2D eigenvalue weighted by Gasteiger charge is 2.23. The van der Waals surface area contributed by atoms with Gasteiger partial charge in [0.1, 0.15) is 0 Å². The normalized spacial score (nSPS) is 14.5. The van der Waals surface area contributed by atoms with Crippen LogP contribution in [0, 0.1) is 6.92 Å². The maximum Gasteiger partial charge on any atom is 0.207 e. The second-order valence-electron chi connectivity index (χ2n) is 5.76. The minimum Gasteiger partial charge on any atom is -0.353 e. The molecule has 0 radical (unpaired) electrons. The highest BCUT2D eigenvalue weighted by molar-refractivity contribution is 5.45. The van der Waals surface area contributed by atoms with Gasteiger partial charge in [-0.3, -0.25) is 4.57 Å². The Balaban J connectivity index is 1.80. The first kappa shape index (κ1) is 13.2. The van der Waals surface area contributed by atoms with Crippen LogP contribution in [0.5, 0.6) is 0 Å². The first-order chi connectivity index (χ1) is 9.76. The minimum absolute atomic E-state index is 0.624. The molecule has 0 amide bonds. The Kier molecular flexibility index (Phi) is 3.77. The number of benzene rings is 1. The van der Waals surface area contributed by atoms with Gasteiger partial charge >= 0.3 is 0 Å². The van der Waals surface area contributed by atoms with Gasteiger partial charge in [-0.25, -0.2) is 4.98 Å². The summed E-state index contributed by atoms with van der Waals surface area (Å²) in [4.78, 5) is 4.59. The van der Waals surface area contributed by atoms with E-state index in [4.69, 9.17) is 0 Å². The van der Waals surface area contributed by atoms with Crippen LogP contribution >= 0.6 is 0 Å². The molecular formula is C17H23N3. The third kappa shape index (κ3) is 3.03. The smallest absolute Gasteiger partial charge is 0.207 e. The van der Waals surface area contributed by atoms with Gasteiger partial charge in [0.25, 0.3) is 0 Å². The SMILES string of the molecule is CCCCc1ccc(-n2cc(C)nc2NC2CC2)cc1. The van der Waals surface area contributed by atoms with Gasteiger partial charge in [0.05, 0.1) is 5.69 Å². The Bertz CT molecular complexity index is 564. The number of hydrogen-bond acceptors (Lipinski definition) is 2. The van der Waals surface area contributed by atoms with E-state index >= 15 is 0 Å². The fourth-order valence-electron chi connectivity index (χ4n) is 2.41. The summed E-state index contributed by atoms with van der Waals surface area (Å²) in [7, 11) is 0. The van der Waals surface area contributed by atoms with Crippen LogP contribution < -0.4 is 5.32 Å². The molecule has 1 aromatic carbocycles. The third-order valence-corrected chi connectivity index (χ3v) is 3.77. The number of anilines is 1. The zero-order valence-corrected chi connectivity index (χ0v) is 12.4. The summed E-state index contributed by atoms with van der Waals surface area (Å²) < 4.78 is 2.16. The molecule has 3 heteroatoms. The van der Waals surface area contributed by atoms with Gasteiger partial charge < -0.3 is 5.32 Å². The zero-order valence-electron chi connectivity index (χ0n) is 12.4. The summed E-state index contributed by atoms with van der Waals surface area (Å²) >= 11 is 0. The van der Waals surface area contributed by atoms with Gasteiger partial charge in [0, 0.05) is 17.9 Å². The lowest BCUT2D eigenvalue weighted by atomic mass is 10.1. The van der Waals surface area contributed by atoms with E-state index in [2.05, 4.69) is 52.3 Å². The van der Waals surface area contributed by atoms with Crippen LogP contribution in [0.3, 0.4) is 0 Å². The van der Waals surface area contributed by atoms with E-state index in [1.54, 1.807) is 0 Å². The van der Waals surface area contributed by atoms with Crippen LogP contribution in [0.15, 0.2) is 30.5 Å². The number of nitrogens with zero attached hydrogens (tertiary/aromatic N) is 2. The van der Waals surface area contributed by atoms with Gasteiger partial charge in [-0.15, -0.1) is 0 Å². The first-order valence-electron chi connectivity index (χ1n) is 7.68. The van der Waals surface area contributed by atoms with Crippen molar-refractivity contribution < 1.29 is 0 Å². The molecule has 106 valence electrons. The fourth-order valence-corrected chi connectivity index (χ4v) is 2.41. The van der Waals surface area contributed by atoms with Gasteiger partial charge in [-0.2, -0.15) is 0 Å². The minimum atomic E-state index is 0.624. The number of aryl methyl sites for hydroxylation is 2. The highest BCUT2D eigenvalue weighted by atomic mass is 15.2. The maximum atomic E-state index is 4.59. The van der Waals surface area contributed by atoms with Crippen molar-refractivity contribution in [3.8, 4) is 5.69 Å². The van der Waals surface area contributed by atoms with E-state index in [1.165, 1.54) is 43.4 Å². The molecule has 0 spiro atoms. The van der Waals surface area contributed by atoms with Crippen LogP contribution in [-0.4, -0.2) is 15.6 Å². The van der Waals surface area contributed by atoms with E-state index in [1.807, 2.05) is 6.92 Å². The predicted octanol–water partition coefficient (Wildman–Crippen LogP) is 4.10. The van der Waals surface area contributed by atoms with Crippen molar-refractivity contribution in [3.05, 3.63) is 41.7 Å². The van der Waals surface area contributed by atoms with E-state index < -0.39 is 0 Å². The molecule has 1 heterocycles. The zero-order chi connectivity index (χ0) is 13.9. The van der Waals surface area contributed by atoms with E-state index in [0.29, 0.717) is 6.04 Å². The van der Waals surface area contributed by atoms with Crippen molar-refractivity contribution in [2.45, 2.75) is 52.0 Å². The summed E-state index contributed by atoms with van der Waals surface area (Å²) in [5, 5.41) is 3.50. The summed E-state index contributed by atoms with van der Waals surface area (Å²) in [6.07, 6.45) is 8.32. The lowest BCUT2D eigenvalue weighted by Gasteiger charge is -2.09. The Labute approximate surface area is 121 Å². The molecule has 1 aromatic heterocycles. The van der Waals surface area contributed by atoms with Gasteiger partial charge in [0.15, 0.2) is 0 Å². The Morgan fingerprint density at radius 2 is 2.00 bits per heavy atom. The highest BCUT2D eigenvalue weighted by Crippen LogP contribution is 2.26. The standard InChI is InChI=1S/C17H23N3/c1-3-4-5-14-6-10-16(11-7-14)20-12-13(2)18-17(20)19-15-8-9-15/h6-7,10-12,15H,3-5,8-9H2,1-2H3,(H,18,19). The second kappa shape index (κ2) is 5.70. The van der Waals surface area contributed by atoms with Crippen LogP contribution in [0.2, 0.25) is 0 Å². The lowest BCUT2D eigenvalue weighted by Crippen LogP contribution is -2.07. The molecule has 3 nitrogen and oxygen atoms in total. The Morgan fingerprint density at radius 1 is 1.25 bits per heavy atom. The lowest BCUT2D eigenvalue weighted by molar-refractivity contribution is 0.795. The third-order valence-electron chi connectivity index (χ3n) is 3.77. The van der Waals surface area contributed by atoms with E-state index in [-0.39, 0.29) is 0 Å². The summed E-state index contributed by atoms with van der Waals surface area (Å²) in [5.41, 5.74) is 3.67. The molecule has 1 fully saturated rings. The molecule has 1 aliphatic rings. The molecule has 0 saturated heterocycles.